The number of rotatable bonds is 6. The predicted octanol–water partition coefficient (Wildman–Crippen LogP) is 6.78. The molecule has 0 saturated carbocycles. The van der Waals surface area contributed by atoms with Crippen molar-refractivity contribution in [1.29, 1.82) is 0 Å². The normalized spacial score (nSPS) is 13.0. The van der Waals surface area contributed by atoms with E-state index in [0.717, 1.165) is 0 Å². The van der Waals surface area contributed by atoms with Crippen LogP contribution >= 0.6 is 0 Å². The zero-order valence-corrected chi connectivity index (χ0v) is 19.2. The van der Waals surface area contributed by atoms with E-state index in [1.54, 1.807) is 36.4 Å². The Kier molecular flexibility index (Phi) is 7.09. The van der Waals surface area contributed by atoms with Gasteiger partial charge in [-0.15, -0.1) is 5.54 Å². The summed E-state index contributed by atoms with van der Waals surface area (Å²) >= 11 is 0. The van der Waals surface area contributed by atoms with Crippen molar-refractivity contribution in [3.63, 3.8) is 0 Å². The number of halogens is 2. The van der Waals surface area contributed by atoms with Gasteiger partial charge in [0.05, 0.1) is 0 Å². The van der Waals surface area contributed by atoms with Gasteiger partial charge in [-0.2, -0.15) is 8.78 Å². The van der Waals surface area contributed by atoms with E-state index in [4.69, 9.17) is 0 Å². The number of alkyl halides is 2. The van der Waals surface area contributed by atoms with E-state index in [9.17, 15) is 5.11 Å². The fraction of sp³-hybridized carbons (Fsp3) is 0.440. The van der Waals surface area contributed by atoms with Crippen molar-refractivity contribution >= 4 is 8.07 Å². The van der Waals surface area contributed by atoms with Crippen molar-refractivity contribution in [2.45, 2.75) is 69.7 Å². The van der Waals surface area contributed by atoms with E-state index in [-0.39, 0.29) is 27.8 Å². The Morgan fingerprint density at radius 3 is 1.38 bits per heavy atom. The molecule has 1 N–H and O–H groups in total. The van der Waals surface area contributed by atoms with E-state index in [1.165, 1.54) is 24.3 Å². The van der Waals surface area contributed by atoms with Crippen LogP contribution in [0.4, 0.5) is 8.78 Å². The Morgan fingerprint density at radius 1 is 0.724 bits per heavy atom. The third-order valence-corrected chi connectivity index (χ3v) is 12.4. The summed E-state index contributed by atoms with van der Waals surface area (Å²) in [7, 11) is -2.37. The molecular formula is C25H32F2OSi. The predicted molar refractivity (Wildman–Crippen MR) is 120 cm³/mol. The van der Waals surface area contributed by atoms with Gasteiger partial charge in [-0.1, -0.05) is 102 Å². The molecule has 2 rings (SSSR count). The lowest BCUT2D eigenvalue weighted by atomic mass is 9.81. The first-order chi connectivity index (χ1) is 13.5. The highest BCUT2D eigenvalue weighted by atomic mass is 28.3. The van der Waals surface area contributed by atoms with E-state index in [2.05, 4.69) is 53.0 Å². The minimum Gasteiger partial charge on any atom is -0.374 e. The van der Waals surface area contributed by atoms with Crippen LogP contribution in [-0.2, 0) is 5.60 Å². The maximum absolute atomic E-state index is 15.8. The van der Waals surface area contributed by atoms with Crippen molar-refractivity contribution in [3.05, 3.63) is 71.8 Å². The van der Waals surface area contributed by atoms with Crippen LogP contribution < -0.4 is 0 Å². The molecule has 0 fully saturated rings. The van der Waals surface area contributed by atoms with Crippen LogP contribution in [0, 0.1) is 11.5 Å². The van der Waals surface area contributed by atoms with Gasteiger partial charge >= 0.3 is 5.92 Å². The van der Waals surface area contributed by atoms with Crippen molar-refractivity contribution in [2.24, 2.45) is 0 Å². The lowest BCUT2D eigenvalue weighted by Crippen LogP contribution is -2.47. The molecule has 1 nitrogen and oxygen atoms in total. The lowest BCUT2D eigenvalue weighted by Gasteiger charge is -2.39. The molecule has 2 aromatic carbocycles. The molecule has 0 aliphatic rings. The van der Waals surface area contributed by atoms with Gasteiger partial charge in [0, 0.05) is 0 Å². The minimum atomic E-state index is -3.65. The Hall–Kier alpha value is -1.96. The Balaban J connectivity index is 2.71. The molecule has 2 aromatic rings. The van der Waals surface area contributed by atoms with E-state index in [0.29, 0.717) is 0 Å². The topological polar surface area (TPSA) is 20.2 Å². The number of aliphatic hydroxyl groups is 1. The fourth-order valence-electron chi connectivity index (χ4n) is 4.60. The largest absolute Gasteiger partial charge is 0.374 e. The maximum atomic E-state index is 15.8. The average Bonchev–Trinajstić information content (AvgIpc) is 2.68. The fourth-order valence-corrected chi connectivity index (χ4v) is 9.84. The average molecular weight is 415 g/mol. The summed E-state index contributed by atoms with van der Waals surface area (Å²) < 4.78 is 31.5. The quantitative estimate of drug-likeness (QED) is 0.408. The van der Waals surface area contributed by atoms with Crippen LogP contribution in [0.15, 0.2) is 60.7 Å². The smallest absolute Gasteiger partial charge is 0.343 e. The monoisotopic (exact) mass is 414 g/mol. The van der Waals surface area contributed by atoms with Gasteiger partial charge in [0.2, 0.25) is 0 Å². The molecule has 0 aliphatic heterocycles. The van der Waals surface area contributed by atoms with Crippen molar-refractivity contribution in [3.8, 4) is 11.5 Å². The summed E-state index contributed by atoms with van der Waals surface area (Å²) in [5.41, 5.74) is 1.53. The molecule has 4 heteroatoms. The zero-order valence-electron chi connectivity index (χ0n) is 18.2. The number of benzene rings is 2. The lowest BCUT2D eigenvalue weighted by molar-refractivity contribution is -0.123. The summed E-state index contributed by atoms with van der Waals surface area (Å²) in [5.74, 6) is -1.34. The molecule has 0 spiro atoms. The molecule has 0 heterocycles. The molecule has 0 aromatic heterocycles. The SMILES string of the molecule is CC(C)[Si](C#CC(F)(F)C(O)(c1ccccc1)c1ccccc1)(C(C)C)C(C)C. The summed E-state index contributed by atoms with van der Waals surface area (Å²) in [6.45, 7) is 12.5. The Labute approximate surface area is 175 Å². The van der Waals surface area contributed by atoms with Crippen LogP contribution in [0.5, 0.6) is 0 Å². The second-order valence-electron chi connectivity index (χ2n) is 8.66. The van der Waals surface area contributed by atoms with Gasteiger partial charge in [0.25, 0.3) is 0 Å². The molecule has 0 bridgehead atoms. The molecule has 0 unspecified atom stereocenters. The number of hydrogen-bond donors (Lipinski definition) is 1. The molecule has 0 radical (unpaired) electrons. The van der Waals surface area contributed by atoms with E-state index < -0.39 is 19.6 Å². The first-order valence-corrected chi connectivity index (χ1v) is 12.5. The van der Waals surface area contributed by atoms with Crippen LogP contribution in [0.1, 0.15) is 52.7 Å². The molecule has 0 aliphatic carbocycles. The molecule has 156 valence electrons. The first-order valence-electron chi connectivity index (χ1n) is 10.3. The van der Waals surface area contributed by atoms with Gasteiger partial charge < -0.3 is 5.11 Å². The zero-order chi connectivity index (χ0) is 21.9. The van der Waals surface area contributed by atoms with Crippen LogP contribution in [0.2, 0.25) is 16.6 Å². The minimum absolute atomic E-state index is 0.136. The summed E-state index contributed by atoms with van der Waals surface area (Å²) in [6, 6.07) is 16.2. The first kappa shape index (κ1) is 23.3. The van der Waals surface area contributed by atoms with Crippen LogP contribution in [0.25, 0.3) is 0 Å². The van der Waals surface area contributed by atoms with Crippen molar-refractivity contribution in [1.82, 2.24) is 0 Å². The highest BCUT2D eigenvalue weighted by molar-refractivity contribution is 6.90. The second-order valence-corrected chi connectivity index (χ2v) is 14.2. The van der Waals surface area contributed by atoms with Crippen LogP contribution in [0.3, 0.4) is 0 Å². The molecule has 0 atom stereocenters. The summed E-state index contributed by atoms with van der Waals surface area (Å²) in [6.07, 6.45) is 0. The van der Waals surface area contributed by atoms with Gasteiger partial charge in [-0.25, -0.2) is 0 Å². The van der Waals surface area contributed by atoms with Gasteiger partial charge in [-0.05, 0) is 33.7 Å². The van der Waals surface area contributed by atoms with Gasteiger partial charge in [0.1, 0.15) is 8.07 Å². The highest BCUT2D eigenvalue weighted by Crippen LogP contribution is 2.45. The van der Waals surface area contributed by atoms with E-state index in [1.807, 2.05) is 0 Å². The molecule has 0 amide bonds. The van der Waals surface area contributed by atoms with Crippen LogP contribution in [-0.4, -0.2) is 19.1 Å². The number of hydrogen-bond acceptors (Lipinski definition) is 1. The highest BCUT2D eigenvalue weighted by Gasteiger charge is 2.55. The third-order valence-electron chi connectivity index (χ3n) is 6.14. The van der Waals surface area contributed by atoms with Gasteiger partial charge in [0.15, 0.2) is 5.60 Å². The summed E-state index contributed by atoms with van der Waals surface area (Å²) in [4.78, 5) is 0. The Morgan fingerprint density at radius 2 is 1.07 bits per heavy atom. The third kappa shape index (κ3) is 4.17. The van der Waals surface area contributed by atoms with E-state index >= 15 is 8.78 Å². The van der Waals surface area contributed by atoms with Gasteiger partial charge in [-0.3, -0.25) is 0 Å². The molecule has 0 saturated heterocycles. The molecule has 29 heavy (non-hydrogen) atoms. The maximum Gasteiger partial charge on any atom is 0.343 e. The Bertz CT molecular complexity index is 787. The standard InChI is InChI=1S/C25H32F2OSi/c1-19(2)29(20(3)4,21(5)6)18-17-24(26,27)25(28,22-13-9-7-10-14-22)23-15-11-8-12-16-23/h7-16,19-21,28H,1-6H3. The van der Waals surface area contributed by atoms with Crippen molar-refractivity contribution < 1.29 is 13.9 Å². The summed E-state index contributed by atoms with van der Waals surface area (Å²) in [5, 5.41) is 11.5. The van der Waals surface area contributed by atoms with Crippen molar-refractivity contribution in [2.75, 3.05) is 0 Å². The second kappa shape index (κ2) is 8.81. The molecular weight excluding hydrogens is 382 g/mol.